The highest BCUT2D eigenvalue weighted by Gasteiger charge is 2.13. The van der Waals surface area contributed by atoms with Crippen LogP contribution >= 0.6 is 10.7 Å². The van der Waals surface area contributed by atoms with Crippen molar-refractivity contribution in [1.29, 1.82) is 0 Å². The molecule has 2 heteroatoms. The zero-order valence-electron chi connectivity index (χ0n) is 16.0. The van der Waals surface area contributed by atoms with Gasteiger partial charge in [0, 0.05) is 0 Å². The highest BCUT2D eigenvalue weighted by atomic mass is 32.2. The third kappa shape index (κ3) is 6.39. The molecule has 0 saturated heterocycles. The van der Waals surface area contributed by atoms with Gasteiger partial charge in [0.05, 0.1) is 11.4 Å². The van der Waals surface area contributed by atoms with Gasteiger partial charge in [-0.1, -0.05) is 91.9 Å². The fourth-order valence-electron chi connectivity index (χ4n) is 2.39. The van der Waals surface area contributed by atoms with Gasteiger partial charge in [-0.3, -0.25) is 4.31 Å². The van der Waals surface area contributed by atoms with E-state index in [9.17, 15) is 0 Å². The summed E-state index contributed by atoms with van der Waals surface area (Å²) in [6, 6.07) is 21.0. The molecule has 0 heterocycles. The van der Waals surface area contributed by atoms with Crippen molar-refractivity contribution in [3.05, 3.63) is 83.8 Å². The second-order valence-corrected chi connectivity index (χ2v) is 6.78. The monoisotopic (exact) mass is 353 g/mol. The average Bonchev–Trinajstić information content (AvgIpc) is 2.69. The van der Waals surface area contributed by atoms with Crippen molar-refractivity contribution in [2.24, 2.45) is 0 Å². The lowest BCUT2D eigenvalue weighted by Crippen LogP contribution is -2.10. The van der Waals surface area contributed by atoms with Gasteiger partial charge in [-0.15, -0.1) is 0 Å². The SMILES string of the molecule is C=S(C(=CC/C=C\C)CC)N(c1ccccc1)c1ccccc1.CC. The Morgan fingerprint density at radius 2 is 1.44 bits per heavy atom. The Balaban J connectivity index is 0.00000151. The number of hydrogen-bond donors (Lipinski definition) is 0. The van der Waals surface area contributed by atoms with Crippen LogP contribution in [0, 0.1) is 0 Å². The van der Waals surface area contributed by atoms with Gasteiger partial charge < -0.3 is 0 Å². The average molecular weight is 354 g/mol. The van der Waals surface area contributed by atoms with Crippen molar-refractivity contribution in [3.8, 4) is 0 Å². The summed E-state index contributed by atoms with van der Waals surface area (Å²) in [6.45, 7) is 8.27. The number of nitrogens with zero attached hydrogens (tertiary/aromatic N) is 1. The summed E-state index contributed by atoms with van der Waals surface area (Å²) in [5.74, 6) is 4.50. The first-order valence-electron chi connectivity index (χ1n) is 9.02. The maximum Gasteiger partial charge on any atom is 0.0523 e. The van der Waals surface area contributed by atoms with Gasteiger partial charge in [0.2, 0.25) is 0 Å². The molecule has 0 aromatic heterocycles. The molecule has 0 fully saturated rings. The van der Waals surface area contributed by atoms with Gasteiger partial charge in [-0.2, -0.15) is 0 Å². The zero-order valence-corrected chi connectivity index (χ0v) is 16.8. The summed E-state index contributed by atoms with van der Waals surface area (Å²) < 4.78 is 2.34. The maximum atomic E-state index is 4.50. The lowest BCUT2D eigenvalue weighted by atomic mass is 10.3. The second kappa shape index (κ2) is 12.3. The minimum absolute atomic E-state index is 0.240. The lowest BCUT2D eigenvalue weighted by Gasteiger charge is -2.29. The number of anilines is 2. The van der Waals surface area contributed by atoms with Crippen molar-refractivity contribution in [2.75, 3.05) is 4.31 Å². The molecule has 0 saturated carbocycles. The number of hydrogen-bond acceptors (Lipinski definition) is 1. The smallest absolute Gasteiger partial charge is 0.0523 e. The molecule has 0 amide bonds. The molecule has 25 heavy (non-hydrogen) atoms. The van der Waals surface area contributed by atoms with E-state index >= 15 is 0 Å². The molecule has 2 aromatic carbocycles. The van der Waals surface area contributed by atoms with Crippen LogP contribution in [0.2, 0.25) is 0 Å². The Labute approximate surface area is 156 Å². The van der Waals surface area contributed by atoms with Gasteiger partial charge in [0.15, 0.2) is 0 Å². The number of para-hydroxylation sites is 2. The molecule has 1 atom stereocenters. The maximum absolute atomic E-state index is 4.50. The fraction of sp³-hybridized carbons (Fsp3) is 0.261. The van der Waals surface area contributed by atoms with Crippen LogP contribution in [0.4, 0.5) is 11.4 Å². The molecule has 134 valence electrons. The van der Waals surface area contributed by atoms with Crippen LogP contribution in [-0.4, -0.2) is 5.87 Å². The van der Waals surface area contributed by atoms with Crippen molar-refractivity contribution in [2.45, 2.75) is 40.5 Å². The summed E-state index contributed by atoms with van der Waals surface area (Å²) in [4.78, 5) is 1.39. The van der Waals surface area contributed by atoms with Gasteiger partial charge in [0.25, 0.3) is 0 Å². The Morgan fingerprint density at radius 3 is 1.84 bits per heavy atom. The van der Waals surface area contributed by atoms with Crippen LogP contribution < -0.4 is 4.31 Å². The number of rotatable bonds is 7. The first kappa shape index (κ1) is 21.0. The van der Waals surface area contributed by atoms with Gasteiger partial charge in [-0.05, 0) is 48.9 Å². The molecule has 0 aliphatic carbocycles. The van der Waals surface area contributed by atoms with Crippen molar-refractivity contribution < 1.29 is 0 Å². The molecule has 2 rings (SSSR count). The molecule has 0 spiro atoms. The van der Waals surface area contributed by atoms with Gasteiger partial charge >= 0.3 is 0 Å². The third-order valence-corrected chi connectivity index (χ3v) is 5.49. The first-order valence-corrected chi connectivity index (χ1v) is 10.4. The van der Waals surface area contributed by atoms with Crippen LogP contribution in [-0.2, 0) is 0 Å². The standard InChI is InChI=1S/C21H25NS.C2H6/c1-4-6-9-18-21(5-2)23(3)22(19-14-10-7-11-15-19)20-16-12-8-13-17-20;1-2/h4,6-8,10-18H,3,5,9H2,1-2H3;1-2H3/b6-4-,21-18?;. The Kier molecular flexibility index (Phi) is 10.3. The predicted molar refractivity (Wildman–Crippen MR) is 119 cm³/mol. The topological polar surface area (TPSA) is 3.24 Å². The quantitative estimate of drug-likeness (QED) is 0.363. The van der Waals surface area contributed by atoms with E-state index in [1.165, 1.54) is 16.3 Å². The first-order chi connectivity index (χ1) is 12.3. The van der Waals surface area contributed by atoms with Crippen LogP contribution in [0.15, 0.2) is 83.8 Å². The normalized spacial score (nSPS) is 12.4. The highest BCUT2D eigenvalue weighted by Crippen LogP contribution is 2.41. The summed E-state index contributed by atoms with van der Waals surface area (Å²) in [7, 11) is -0.240. The van der Waals surface area contributed by atoms with E-state index < -0.39 is 0 Å². The molecule has 0 radical (unpaired) electrons. The van der Waals surface area contributed by atoms with E-state index in [0.29, 0.717) is 0 Å². The molecule has 1 nitrogen and oxygen atoms in total. The van der Waals surface area contributed by atoms with Crippen LogP contribution in [0.5, 0.6) is 0 Å². The van der Waals surface area contributed by atoms with Crippen LogP contribution in [0.3, 0.4) is 0 Å². The van der Waals surface area contributed by atoms with E-state index in [0.717, 1.165) is 12.8 Å². The molecular weight excluding hydrogens is 322 g/mol. The summed E-state index contributed by atoms with van der Waals surface area (Å²) in [6.07, 6.45) is 8.57. The van der Waals surface area contributed by atoms with Gasteiger partial charge in [-0.25, -0.2) is 0 Å². The molecule has 2 aromatic rings. The van der Waals surface area contributed by atoms with E-state index in [4.69, 9.17) is 0 Å². The summed E-state index contributed by atoms with van der Waals surface area (Å²) in [5.41, 5.74) is 2.37. The van der Waals surface area contributed by atoms with Crippen LogP contribution in [0.25, 0.3) is 0 Å². The fourth-order valence-corrected chi connectivity index (χ4v) is 4.00. The second-order valence-electron chi connectivity index (χ2n) is 5.16. The minimum atomic E-state index is -0.240. The lowest BCUT2D eigenvalue weighted by molar-refractivity contribution is 1.17. The molecule has 0 aliphatic heterocycles. The van der Waals surface area contributed by atoms with Crippen LogP contribution in [0.1, 0.15) is 40.5 Å². The van der Waals surface area contributed by atoms with E-state index in [1.807, 2.05) is 13.8 Å². The van der Waals surface area contributed by atoms with Crippen molar-refractivity contribution in [3.63, 3.8) is 0 Å². The molecule has 0 bridgehead atoms. The third-order valence-electron chi connectivity index (χ3n) is 3.57. The molecule has 1 unspecified atom stereocenters. The molecular formula is C23H31NS. The predicted octanol–water partition coefficient (Wildman–Crippen LogP) is 7.73. The van der Waals surface area contributed by atoms with E-state index in [1.54, 1.807) is 0 Å². The Bertz CT molecular complexity index is 632. The van der Waals surface area contributed by atoms with E-state index in [2.05, 4.69) is 103 Å². The largest absolute Gasteiger partial charge is 0.287 e. The summed E-state index contributed by atoms with van der Waals surface area (Å²) >= 11 is 0. The Hall–Kier alpha value is -2.06. The molecule has 0 aliphatic rings. The summed E-state index contributed by atoms with van der Waals surface area (Å²) in [5, 5.41) is 0. The minimum Gasteiger partial charge on any atom is -0.287 e. The van der Waals surface area contributed by atoms with Crippen molar-refractivity contribution >= 4 is 27.9 Å². The Morgan fingerprint density at radius 1 is 0.960 bits per heavy atom. The van der Waals surface area contributed by atoms with Crippen molar-refractivity contribution in [1.82, 2.24) is 0 Å². The van der Waals surface area contributed by atoms with Gasteiger partial charge in [0.1, 0.15) is 0 Å². The number of allylic oxidation sites excluding steroid dienone is 4. The highest BCUT2D eigenvalue weighted by molar-refractivity contribution is 8.18. The van der Waals surface area contributed by atoms with E-state index in [-0.39, 0.29) is 10.7 Å². The molecule has 0 N–H and O–H groups in total. The zero-order chi connectivity index (χ0) is 18.5. The number of benzene rings is 2.